The smallest absolute Gasteiger partial charge is 0.219 e. The molecule has 0 fully saturated rings. The second-order valence-corrected chi connectivity index (χ2v) is 6.53. The van der Waals surface area contributed by atoms with E-state index >= 15 is 0 Å². The molecule has 2 aromatic heterocycles. The molecule has 4 rings (SSSR count). The van der Waals surface area contributed by atoms with Crippen molar-refractivity contribution in [1.29, 1.82) is 0 Å². The molecule has 0 unspecified atom stereocenters. The summed E-state index contributed by atoms with van der Waals surface area (Å²) in [6.07, 6.45) is 4.10. The summed E-state index contributed by atoms with van der Waals surface area (Å²) in [5, 5.41) is 0. The van der Waals surface area contributed by atoms with E-state index in [4.69, 9.17) is 0 Å². The lowest BCUT2D eigenvalue weighted by atomic mass is 10.0. The molecule has 0 aliphatic heterocycles. The van der Waals surface area contributed by atoms with Crippen LogP contribution in [0.3, 0.4) is 0 Å². The maximum Gasteiger partial charge on any atom is 0.219 e. The fourth-order valence-corrected chi connectivity index (χ4v) is 3.20. The molecule has 0 bridgehead atoms. The predicted octanol–water partition coefficient (Wildman–Crippen LogP) is 5.31. The zero-order valence-corrected chi connectivity index (χ0v) is 15.1. The maximum absolute atomic E-state index is 4.48. The topological polar surface area (TPSA) is 16.8 Å². The van der Waals surface area contributed by atoms with E-state index in [2.05, 4.69) is 102 Å². The van der Waals surface area contributed by atoms with Crippen molar-refractivity contribution in [2.24, 2.45) is 0 Å². The Balaban J connectivity index is 1.94. The minimum atomic E-state index is 1.03. The Labute approximate surface area is 154 Å². The molecule has 0 N–H and O–H groups in total. The molecule has 26 heavy (non-hydrogen) atoms. The number of rotatable bonds is 3. The molecular formula is C24H21N2+. The van der Waals surface area contributed by atoms with Gasteiger partial charge in [0.1, 0.15) is 0 Å². The summed E-state index contributed by atoms with van der Waals surface area (Å²) in [6.45, 7) is 4.14. The summed E-state index contributed by atoms with van der Waals surface area (Å²) in [4.78, 5) is 4.48. The quantitative estimate of drug-likeness (QED) is 0.463. The van der Waals surface area contributed by atoms with Crippen molar-refractivity contribution in [2.75, 3.05) is 0 Å². The molecular weight excluding hydrogens is 316 g/mol. The van der Waals surface area contributed by atoms with Crippen LogP contribution in [-0.2, 0) is 0 Å². The molecule has 2 heteroatoms. The monoisotopic (exact) mass is 337 g/mol. The van der Waals surface area contributed by atoms with Crippen molar-refractivity contribution in [3.8, 4) is 28.1 Å². The Morgan fingerprint density at radius 3 is 2.27 bits per heavy atom. The number of pyridine rings is 2. The van der Waals surface area contributed by atoms with Crippen LogP contribution in [0, 0.1) is 13.8 Å². The van der Waals surface area contributed by atoms with E-state index in [1.165, 1.54) is 22.4 Å². The van der Waals surface area contributed by atoms with Gasteiger partial charge in [0, 0.05) is 41.2 Å². The van der Waals surface area contributed by atoms with E-state index in [9.17, 15) is 0 Å². The molecule has 0 aliphatic rings. The fraction of sp³-hybridized carbons (Fsp3) is 0.0833. The van der Waals surface area contributed by atoms with Gasteiger partial charge in [-0.1, -0.05) is 36.4 Å². The fourth-order valence-electron chi connectivity index (χ4n) is 3.20. The Bertz CT molecular complexity index is 1040. The Hall–Kier alpha value is -3.26. The predicted molar refractivity (Wildman–Crippen MR) is 106 cm³/mol. The Kier molecular flexibility index (Phi) is 4.32. The average molecular weight is 337 g/mol. The summed E-state index contributed by atoms with van der Waals surface area (Å²) in [5.74, 6) is 0. The second-order valence-electron chi connectivity index (χ2n) is 6.53. The zero-order valence-electron chi connectivity index (χ0n) is 15.1. The van der Waals surface area contributed by atoms with Gasteiger partial charge in [0.25, 0.3) is 0 Å². The van der Waals surface area contributed by atoms with Gasteiger partial charge in [0.2, 0.25) is 11.4 Å². The van der Waals surface area contributed by atoms with Gasteiger partial charge < -0.3 is 0 Å². The normalized spacial score (nSPS) is 10.7. The Morgan fingerprint density at radius 1 is 0.731 bits per heavy atom. The highest BCUT2D eigenvalue weighted by molar-refractivity contribution is 5.70. The summed E-state index contributed by atoms with van der Waals surface area (Å²) in [7, 11) is 0. The molecule has 0 spiro atoms. The van der Waals surface area contributed by atoms with Crippen molar-refractivity contribution < 1.29 is 4.57 Å². The van der Waals surface area contributed by atoms with Gasteiger partial charge in [0.15, 0.2) is 6.20 Å². The van der Waals surface area contributed by atoms with Crippen molar-refractivity contribution >= 4 is 0 Å². The number of aromatic nitrogens is 2. The number of para-hydroxylation sites is 1. The standard InChI is InChI=1S/C24H21N2/c1-18-14-15-26(24(16-18)20-8-4-3-5-9-20)23-11-7-6-10-22(23)21-13-12-19(2)25-17-21/h3-17H,1-2H3/q+1. The number of hydrogen-bond donors (Lipinski definition) is 0. The molecule has 0 saturated carbocycles. The molecule has 0 saturated heterocycles. The van der Waals surface area contributed by atoms with E-state index in [-0.39, 0.29) is 0 Å². The molecule has 0 radical (unpaired) electrons. The van der Waals surface area contributed by atoms with Crippen molar-refractivity contribution in [3.05, 3.63) is 103 Å². The maximum atomic E-state index is 4.48. The van der Waals surface area contributed by atoms with Crippen LogP contribution in [0.2, 0.25) is 0 Å². The molecule has 2 heterocycles. The molecule has 0 atom stereocenters. The summed E-state index contributed by atoms with van der Waals surface area (Å²) in [6, 6.07) is 27.6. The van der Waals surface area contributed by atoms with Gasteiger partial charge >= 0.3 is 0 Å². The number of nitrogens with zero attached hydrogens (tertiary/aromatic N) is 2. The van der Waals surface area contributed by atoms with Crippen LogP contribution in [-0.4, -0.2) is 4.98 Å². The first kappa shape index (κ1) is 16.2. The van der Waals surface area contributed by atoms with Gasteiger partial charge in [-0.15, -0.1) is 0 Å². The number of hydrogen-bond acceptors (Lipinski definition) is 1. The minimum absolute atomic E-state index is 1.03. The largest absolute Gasteiger partial charge is 0.261 e. The molecule has 2 aromatic carbocycles. The average Bonchev–Trinajstić information content (AvgIpc) is 2.69. The van der Waals surface area contributed by atoms with Gasteiger partial charge in [0.05, 0.1) is 5.56 Å². The van der Waals surface area contributed by atoms with E-state index in [0.29, 0.717) is 0 Å². The minimum Gasteiger partial charge on any atom is -0.261 e. The number of benzene rings is 2. The SMILES string of the molecule is Cc1cc[n+](-c2ccccc2-c2ccc(C)nc2)c(-c2ccccc2)c1. The third kappa shape index (κ3) is 3.14. The highest BCUT2D eigenvalue weighted by Crippen LogP contribution is 2.26. The third-order valence-electron chi connectivity index (χ3n) is 4.57. The van der Waals surface area contributed by atoms with E-state index in [1.807, 2.05) is 13.1 Å². The molecule has 4 aromatic rings. The van der Waals surface area contributed by atoms with Gasteiger partial charge in [-0.05, 0) is 43.7 Å². The van der Waals surface area contributed by atoms with Crippen molar-refractivity contribution in [1.82, 2.24) is 4.98 Å². The lowest BCUT2D eigenvalue weighted by Crippen LogP contribution is -2.33. The molecule has 2 nitrogen and oxygen atoms in total. The summed E-state index contributed by atoms with van der Waals surface area (Å²) < 4.78 is 2.26. The van der Waals surface area contributed by atoms with Crippen LogP contribution >= 0.6 is 0 Å². The van der Waals surface area contributed by atoms with Crippen LogP contribution in [0.5, 0.6) is 0 Å². The highest BCUT2D eigenvalue weighted by Gasteiger charge is 2.20. The van der Waals surface area contributed by atoms with Crippen LogP contribution in [0.25, 0.3) is 28.1 Å². The van der Waals surface area contributed by atoms with Crippen LogP contribution in [0.1, 0.15) is 11.3 Å². The number of aryl methyl sites for hydroxylation is 2. The highest BCUT2D eigenvalue weighted by atomic mass is 15.0. The lowest BCUT2D eigenvalue weighted by molar-refractivity contribution is -0.583. The first-order valence-corrected chi connectivity index (χ1v) is 8.82. The van der Waals surface area contributed by atoms with E-state index in [1.54, 1.807) is 0 Å². The van der Waals surface area contributed by atoms with Crippen LogP contribution in [0.15, 0.2) is 91.3 Å². The zero-order chi connectivity index (χ0) is 17.9. The van der Waals surface area contributed by atoms with Crippen LogP contribution < -0.4 is 4.57 Å². The van der Waals surface area contributed by atoms with Crippen molar-refractivity contribution in [3.63, 3.8) is 0 Å². The molecule has 126 valence electrons. The van der Waals surface area contributed by atoms with E-state index < -0.39 is 0 Å². The van der Waals surface area contributed by atoms with Crippen molar-refractivity contribution in [2.45, 2.75) is 13.8 Å². The first-order valence-electron chi connectivity index (χ1n) is 8.82. The van der Waals surface area contributed by atoms with E-state index in [0.717, 1.165) is 16.9 Å². The van der Waals surface area contributed by atoms with Gasteiger partial charge in [-0.3, -0.25) is 4.98 Å². The molecule has 0 amide bonds. The summed E-state index contributed by atoms with van der Waals surface area (Å²) >= 11 is 0. The summed E-state index contributed by atoms with van der Waals surface area (Å²) in [5.41, 5.74) is 8.10. The second kappa shape index (κ2) is 6.93. The van der Waals surface area contributed by atoms with Gasteiger partial charge in [-0.25, -0.2) is 0 Å². The first-order chi connectivity index (χ1) is 12.7. The molecule has 0 aliphatic carbocycles. The van der Waals surface area contributed by atoms with Gasteiger partial charge in [-0.2, -0.15) is 4.57 Å². The van der Waals surface area contributed by atoms with Crippen LogP contribution in [0.4, 0.5) is 0 Å². The third-order valence-corrected chi connectivity index (χ3v) is 4.57. The Morgan fingerprint density at radius 2 is 1.50 bits per heavy atom. The lowest BCUT2D eigenvalue weighted by Gasteiger charge is -2.09.